The van der Waals surface area contributed by atoms with Gasteiger partial charge in [-0.05, 0) is 37.0 Å². The van der Waals surface area contributed by atoms with E-state index in [2.05, 4.69) is 31.8 Å². The van der Waals surface area contributed by atoms with Gasteiger partial charge >= 0.3 is 0 Å². The average molecular weight is 316 g/mol. The van der Waals surface area contributed by atoms with E-state index < -0.39 is 0 Å². The predicted octanol–water partition coefficient (Wildman–Crippen LogP) is 2.28. The largest absolute Gasteiger partial charge is 0.340 e. The monoisotopic (exact) mass is 316 g/mol. The Morgan fingerprint density at radius 2 is 1.95 bits per heavy atom. The molecule has 0 bridgehead atoms. The molecule has 0 saturated carbocycles. The van der Waals surface area contributed by atoms with Gasteiger partial charge in [0.25, 0.3) is 0 Å². The molecular formula is C16H20N4OS. The fourth-order valence-corrected chi connectivity index (χ4v) is 4.35. The van der Waals surface area contributed by atoms with Crippen LogP contribution in [0.4, 0.5) is 0 Å². The van der Waals surface area contributed by atoms with Gasteiger partial charge in [-0.15, -0.1) is 0 Å². The summed E-state index contributed by atoms with van der Waals surface area (Å²) in [4.78, 5) is 16.3. The number of hydrogen-bond acceptors (Lipinski definition) is 5. The molecule has 1 aromatic carbocycles. The lowest BCUT2D eigenvalue weighted by atomic mass is 9.85. The molecule has 5 nitrogen and oxygen atoms in total. The van der Waals surface area contributed by atoms with Gasteiger partial charge in [0.2, 0.25) is 5.91 Å². The highest BCUT2D eigenvalue weighted by atomic mass is 32.1. The first-order valence-electron chi connectivity index (χ1n) is 7.87. The van der Waals surface area contributed by atoms with Crippen LogP contribution in [0.2, 0.25) is 0 Å². The summed E-state index contributed by atoms with van der Waals surface area (Å²) in [5, 5.41) is 0. The van der Waals surface area contributed by atoms with Gasteiger partial charge in [-0.3, -0.25) is 9.69 Å². The molecule has 2 aliphatic heterocycles. The van der Waals surface area contributed by atoms with Crippen molar-refractivity contribution in [1.29, 1.82) is 0 Å². The van der Waals surface area contributed by atoms with Crippen LogP contribution >= 0.6 is 11.7 Å². The van der Waals surface area contributed by atoms with Crippen LogP contribution in [0.5, 0.6) is 0 Å². The standard InChI is InChI=1S/C16H20N4OS/c1-19-15(21)4-5-16(19)6-8-20(9-7-16)11-12-2-3-13-14(10-12)18-22-17-13/h2-3,10H,4-9,11H2,1H3. The maximum absolute atomic E-state index is 11.8. The summed E-state index contributed by atoms with van der Waals surface area (Å²) in [6.07, 6.45) is 3.95. The number of nitrogens with zero attached hydrogens (tertiary/aromatic N) is 4. The Hall–Kier alpha value is -1.53. The van der Waals surface area contributed by atoms with E-state index in [1.54, 1.807) is 0 Å². The molecule has 3 heterocycles. The van der Waals surface area contributed by atoms with Crippen molar-refractivity contribution >= 4 is 28.7 Å². The molecule has 0 atom stereocenters. The molecule has 2 saturated heterocycles. The minimum atomic E-state index is 0.135. The third kappa shape index (κ3) is 2.30. The van der Waals surface area contributed by atoms with Gasteiger partial charge in [0.05, 0.1) is 11.7 Å². The van der Waals surface area contributed by atoms with Crippen molar-refractivity contribution in [3.05, 3.63) is 23.8 Å². The van der Waals surface area contributed by atoms with Crippen molar-refractivity contribution in [2.24, 2.45) is 0 Å². The molecule has 0 aliphatic carbocycles. The molecule has 1 spiro atoms. The fraction of sp³-hybridized carbons (Fsp3) is 0.562. The Kier molecular flexibility index (Phi) is 3.38. The summed E-state index contributed by atoms with van der Waals surface area (Å²) in [6, 6.07) is 6.36. The molecule has 6 heteroatoms. The van der Waals surface area contributed by atoms with Crippen LogP contribution < -0.4 is 0 Å². The van der Waals surface area contributed by atoms with E-state index in [9.17, 15) is 4.79 Å². The van der Waals surface area contributed by atoms with Crippen LogP contribution in [0.3, 0.4) is 0 Å². The summed E-state index contributed by atoms with van der Waals surface area (Å²) in [6.45, 7) is 3.08. The number of aromatic nitrogens is 2. The van der Waals surface area contributed by atoms with Crippen LogP contribution in [-0.4, -0.2) is 50.1 Å². The lowest BCUT2D eigenvalue weighted by Crippen LogP contribution is -2.51. The Bertz CT molecular complexity index is 705. The third-order valence-corrected chi connectivity index (χ3v) is 5.96. The topological polar surface area (TPSA) is 49.3 Å². The number of fused-ring (bicyclic) bond motifs is 1. The number of piperidine rings is 1. The molecule has 0 N–H and O–H groups in total. The van der Waals surface area contributed by atoms with E-state index in [0.717, 1.165) is 56.4 Å². The molecule has 1 amide bonds. The van der Waals surface area contributed by atoms with Crippen LogP contribution in [0, 0.1) is 0 Å². The number of rotatable bonds is 2. The number of benzene rings is 1. The normalized spacial score (nSPS) is 22.0. The summed E-state index contributed by atoms with van der Waals surface area (Å²) >= 11 is 1.27. The van der Waals surface area contributed by atoms with Gasteiger partial charge in [-0.1, -0.05) is 6.07 Å². The average Bonchev–Trinajstić information content (AvgIpc) is 3.10. The van der Waals surface area contributed by atoms with Gasteiger partial charge in [-0.2, -0.15) is 8.75 Å². The first kappa shape index (κ1) is 14.1. The summed E-state index contributed by atoms with van der Waals surface area (Å²) < 4.78 is 8.57. The highest BCUT2D eigenvalue weighted by Crippen LogP contribution is 2.38. The lowest BCUT2D eigenvalue weighted by Gasteiger charge is -2.43. The molecule has 2 fully saturated rings. The van der Waals surface area contributed by atoms with Crippen molar-refractivity contribution in [2.45, 2.75) is 37.8 Å². The molecule has 22 heavy (non-hydrogen) atoms. The first-order chi connectivity index (χ1) is 10.7. The predicted molar refractivity (Wildman–Crippen MR) is 86.7 cm³/mol. The van der Waals surface area contributed by atoms with Gasteiger partial charge in [0.15, 0.2) is 0 Å². The maximum atomic E-state index is 11.8. The SMILES string of the molecule is CN1C(=O)CCC12CCN(Cc1ccc3nsnc3c1)CC2. The van der Waals surface area contributed by atoms with Crippen LogP contribution in [0.15, 0.2) is 18.2 Å². The third-order valence-electron chi connectivity index (χ3n) is 5.40. The lowest BCUT2D eigenvalue weighted by molar-refractivity contribution is -0.130. The Morgan fingerprint density at radius 3 is 2.68 bits per heavy atom. The molecule has 2 aromatic rings. The molecule has 0 radical (unpaired) electrons. The Morgan fingerprint density at radius 1 is 1.18 bits per heavy atom. The smallest absolute Gasteiger partial charge is 0.222 e. The van der Waals surface area contributed by atoms with Gasteiger partial charge in [0.1, 0.15) is 11.0 Å². The Balaban J connectivity index is 1.42. The molecule has 1 aromatic heterocycles. The summed E-state index contributed by atoms with van der Waals surface area (Å²) in [7, 11) is 1.98. The quantitative estimate of drug-likeness (QED) is 0.853. The van der Waals surface area contributed by atoms with Crippen molar-refractivity contribution in [2.75, 3.05) is 20.1 Å². The zero-order valence-electron chi connectivity index (χ0n) is 12.8. The van der Waals surface area contributed by atoms with E-state index in [4.69, 9.17) is 0 Å². The van der Waals surface area contributed by atoms with Crippen LogP contribution in [0.25, 0.3) is 11.0 Å². The van der Waals surface area contributed by atoms with Gasteiger partial charge in [-0.25, -0.2) is 0 Å². The molecule has 4 rings (SSSR count). The molecule has 116 valence electrons. The zero-order chi connectivity index (χ0) is 15.2. The highest BCUT2D eigenvalue weighted by Gasteiger charge is 2.44. The summed E-state index contributed by atoms with van der Waals surface area (Å²) in [5.74, 6) is 0.315. The Labute approximate surface area is 134 Å². The van der Waals surface area contributed by atoms with Crippen molar-refractivity contribution in [3.8, 4) is 0 Å². The second-order valence-electron chi connectivity index (χ2n) is 6.54. The maximum Gasteiger partial charge on any atom is 0.222 e. The minimum absolute atomic E-state index is 0.135. The molecule has 2 aliphatic rings. The van der Waals surface area contributed by atoms with Crippen LogP contribution in [0.1, 0.15) is 31.2 Å². The first-order valence-corrected chi connectivity index (χ1v) is 8.60. The van der Waals surface area contributed by atoms with E-state index in [-0.39, 0.29) is 5.54 Å². The van der Waals surface area contributed by atoms with E-state index in [1.165, 1.54) is 17.3 Å². The number of carbonyl (C=O) groups is 1. The summed E-state index contributed by atoms with van der Waals surface area (Å²) in [5.41, 5.74) is 3.41. The fourth-order valence-electron chi connectivity index (χ4n) is 3.84. The minimum Gasteiger partial charge on any atom is -0.340 e. The van der Waals surface area contributed by atoms with Crippen molar-refractivity contribution in [3.63, 3.8) is 0 Å². The number of amides is 1. The van der Waals surface area contributed by atoms with Gasteiger partial charge < -0.3 is 4.90 Å². The second-order valence-corrected chi connectivity index (χ2v) is 7.07. The number of hydrogen-bond donors (Lipinski definition) is 0. The van der Waals surface area contributed by atoms with Crippen molar-refractivity contribution in [1.82, 2.24) is 18.5 Å². The van der Waals surface area contributed by atoms with Gasteiger partial charge in [0, 0.05) is 38.6 Å². The number of carbonyl (C=O) groups excluding carboxylic acids is 1. The zero-order valence-corrected chi connectivity index (χ0v) is 13.6. The van der Waals surface area contributed by atoms with Crippen LogP contribution in [-0.2, 0) is 11.3 Å². The number of likely N-dealkylation sites (tertiary alicyclic amines) is 2. The molecular weight excluding hydrogens is 296 g/mol. The highest BCUT2D eigenvalue weighted by molar-refractivity contribution is 7.00. The van der Waals surface area contributed by atoms with E-state index in [1.807, 2.05) is 11.9 Å². The van der Waals surface area contributed by atoms with Crippen molar-refractivity contribution < 1.29 is 4.79 Å². The molecule has 0 unspecified atom stereocenters. The van der Waals surface area contributed by atoms with E-state index in [0.29, 0.717) is 5.91 Å². The van der Waals surface area contributed by atoms with E-state index >= 15 is 0 Å². The second kappa shape index (κ2) is 5.28.